The van der Waals surface area contributed by atoms with Crippen molar-refractivity contribution in [1.82, 2.24) is 4.98 Å². The molecule has 0 spiro atoms. The van der Waals surface area contributed by atoms with Crippen LogP contribution in [0.4, 0.5) is 5.13 Å². The molecule has 1 N–H and O–H groups in total. The van der Waals surface area contributed by atoms with E-state index >= 15 is 0 Å². The van der Waals surface area contributed by atoms with Gasteiger partial charge in [0.15, 0.2) is 5.13 Å². The summed E-state index contributed by atoms with van der Waals surface area (Å²) in [5, 5.41) is 4.22. The number of anilines is 1. The Morgan fingerprint density at radius 2 is 1.83 bits per heavy atom. The Morgan fingerprint density at radius 1 is 1.17 bits per heavy atom. The van der Waals surface area contributed by atoms with Crippen LogP contribution < -0.4 is 5.32 Å². The van der Waals surface area contributed by atoms with Crippen LogP contribution in [0.1, 0.15) is 28.6 Å². The first-order valence-electron chi connectivity index (χ1n) is 6.00. The lowest BCUT2D eigenvalue weighted by Gasteiger charge is -2.02. The van der Waals surface area contributed by atoms with Gasteiger partial charge in [0.05, 0.1) is 5.69 Å². The molecule has 0 saturated carbocycles. The second-order valence-electron chi connectivity index (χ2n) is 4.50. The maximum atomic E-state index is 4.45. The molecule has 0 aliphatic rings. The van der Waals surface area contributed by atoms with E-state index in [0.717, 1.165) is 10.8 Å². The lowest BCUT2D eigenvalue weighted by molar-refractivity contribution is 1.23. The van der Waals surface area contributed by atoms with E-state index in [1.807, 2.05) is 13.1 Å². The third-order valence-electron chi connectivity index (χ3n) is 2.95. The average molecular weight is 258 g/mol. The van der Waals surface area contributed by atoms with E-state index in [2.05, 4.69) is 55.3 Å². The van der Waals surface area contributed by atoms with Gasteiger partial charge in [0.2, 0.25) is 0 Å². The van der Waals surface area contributed by atoms with Gasteiger partial charge in [-0.3, -0.25) is 0 Å². The molecule has 0 aliphatic carbocycles. The third-order valence-corrected chi connectivity index (χ3v) is 3.95. The normalized spacial score (nSPS) is 11.7. The maximum Gasteiger partial charge on any atom is 0.187 e. The van der Waals surface area contributed by atoms with Gasteiger partial charge in [-0.1, -0.05) is 29.8 Å². The first kappa shape index (κ1) is 12.8. The standard InChI is InChI=1S/C15H18N2S/c1-10-5-7-14(8-6-10)11(2)9-16-15-17-12(3)13(4)18-15/h5-9H,1-4H3,(H,16,17)/b11-9+. The van der Waals surface area contributed by atoms with Crippen LogP contribution in [-0.4, -0.2) is 4.98 Å². The zero-order valence-corrected chi connectivity index (χ0v) is 12.1. The van der Waals surface area contributed by atoms with E-state index in [9.17, 15) is 0 Å². The lowest BCUT2D eigenvalue weighted by atomic mass is 10.1. The van der Waals surface area contributed by atoms with Crippen LogP contribution >= 0.6 is 11.3 Å². The highest BCUT2D eigenvalue weighted by Gasteiger charge is 2.01. The summed E-state index contributed by atoms with van der Waals surface area (Å²) in [6.07, 6.45) is 2.02. The van der Waals surface area contributed by atoms with Crippen molar-refractivity contribution in [2.45, 2.75) is 27.7 Å². The molecule has 0 radical (unpaired) electrons. The highest BCUT2D eigenvalue weighted by molar-refractivity contribution is 7.15. The summed E-state index contributed by atoms with van der Waals surface area (Å²) >= 11 is 1.69. The number of aryl methyl sites for hydroxylation is 3. The van der Waals surface area contributed by atoms with Crippen molar-refractivity contribution >= 4 is 22.0 Å². The molecular weight excluding hydrogens is 240 g/mol. The van der Waals surface area contributed by atoms with E-state index in [-0.39, 0.29) is 0 Å². The second kappa shape index (κ2) is 5.36. The highest BCUT2D eigenvalue weighted by atomic mass is 32.1. The quantitative estimate of drug-likeness (QED) is 0.874. The second-order valence-corrected chi connectivity index (χ2v) is 5.70. The van der Waals surface area contributed by atoms with Crippen molar-refractivity contribution in [1.29, 1.82) is 0 Å². The fraction of sp³-hybridized carbons (Fsp3) is 0.267. The number of benzene rings is 1. The van der Waals surface area contributed by atoms with Gasteiger partial charge in [-0.15, -0.1) is 11.3 Å². The minimum atomic E-state index is 0.955. The van der Waals surface area contributed by atoms with Gasteiger partial charge in [0.1, 0.15) is 0 Å². The van der Waals surface area contributed by atoms with Gasteiger partial charge >= 0.3 is 0 Å². The molecular formula is C15H18N2S. The van der Waals surface area contributed by atoms with Gasteiger partial charge in [-0.05, 0) is 38.8 Å². The molecule has 1 heterocycles. The molecule has 0 saturated heterocycles. The molecule has 0 amide bonds. The monoisotopic (exact) mass is 258 g/mol. The number of hydrogen-bond donors (Lipinski definition) is 1. The van der Waals surface area contributed by atoms with Crippen LogP contribution in [0, 0.1) is 20.8 Å². The number of allylic oxidation sites excluding steroid dienone is 1. The number of aromatic nitrogens is 1. The minimum Gasteiger partial charge on any atom is -0.338 e. The van der Waals surface area contributed by atoms with E-state index in [0.29, 0.717) is 0 Å². The fourth-order valence-corrected chi connectivity index (χ4v) is 2.39. The third kappa shape index (κ3) is 2.99. The molecule has 94 valence electrons. The van der Waals surface area contributed by atoms with Crippen molar-refractivity contribution < 1.29 is 0 Å². The number of nitrogens with zero attached hydrogens (tertiary/aromatic N) is 1. The van der Waals surface area contributed by atoms with Gasteiger partial charge in [-0.2, -0.15) is 0 Å². The molecule has 1 aromatic heterocycles. The Kier molecular flexibility index (Phi) is 3.82. The fourth-order valence-electron chi connectivity index (χ4n) is 1.60. The smallest absolute Gasteiger partial charge is 0.187 e. The molecule has 2 aromatic rings. The Hall–Kier alpha value is -1.61. The van der Waals surface area contributed by atoms with Gasteiger partial charge in [0, 0.05) is 11.1 Å². The molecule has 3 heteroatoms. The van der Waals surface area contributed by atoms with E-state index in [1.54, 1.807) is 11.3 Å². The largest absolute Gasteiger partial charge is 0.338 e. The molecule has 2 rings (SSSR count). The van der Waals surface area contributed by atoms with Gasteiger partial charge in [0.25, 0.3) is 0 Å². The first-order valence-corrected chi connectivity index (χ1v) is 6.82. The molecule has 0 unspecified atom stereocenters. The lowest BCUT2D eigenvalue weighted by Crippen LogP contribution is -1.89. The molecule has 0 atom stereocenters. The summed E-state index contributed by atoms with van der Waals surface area (Å²) in [6.45, 7) is 8.33. The predicted octanol–water partition coefficient (Wildman–Crippen LogP) is 4.54. The SMILES string of the molecule is C/C(=C\Nc1nc(C)c(C)s1)c1ccc(C)cc1. The van der Waals surface area contributed by atoms with Crippen molar-refractivity contribution in [3.05, 3.63) is 52.2 Å². The van der Waals surface area contributed by atoms with E-state index < -0.39 is 0 Å². The summed E-state index contributed by atoms with van der Waals surface area (Å²) in [6, 6.07) is 8.54. The molecule has 0 bridgehead atoms. The van der Waals surface area contributed by atoms with Crippen LogP contribution in [-0.2, 0) is 0 Å². The Morgan fingerprint density at radius 3 is 2.39 bits per heavy atom. The summed E-state index contributed by atoms with van der Waals surface area (Å²) in [4.78, 5) is 5.72. The predicted molar refractivity (Wildman–Crippen MR) is 80.0 cm³/mol. The topological polar surface area (TPSA) is 24.9 Å². The molecule has 0 fully saturated rings. The highest BCUT2D eigenvalue weighted by Crippen LogP contribution is 2.22. The van der Waals surface area contributed by atoms with Crippen molar-refractivity contribution in [2.75, 3.05) is 5.32 Å². The van der Waals surface area contributed by atoms with Crippen molar-refractivity contribution in [2.24, 2.45) is 0 Å². The maximum absolute atomic E-state index is 4.45. The Labute approximate surface area is 112 Å². The number of rotatable bonds is 3. The zero-order valence-electron chi connectivity index (χ0n) is 11.2. The summed E-state index contributed by atoms with van der Waals surface area (Å²) in [7, 11) is 0. The molecule has 18 heavy (non-hydrogen) atoms. The van der Waals surface area contributed by atoms with Crippen LogP contribution in [0.5, 0.6) is 0 Å². The molecule has 2 nitrogen and oxygen atoms in total. The van der Waals surface area contributed by atoms with Crippen LogP contribution in [0.3, 0.4) is 0 Å². The first-order chi connectivity index (χ1) is 8.56. The summed E-state index contributed by atoms with van der Waals surface area (Å²) < 4.78 is 0. The zero-order chi connectivity index (χ0) is 13.1. The van der Waals surface area contributed by atoms with E-state index in [4.69, 9.17) is 0 Å². The Balaban J connectivity index is 2.11. The molecule has 0 aliphatic heterocycles. The average Bonchev–Trinajstić information content (AvgIpc) is 2.67. The number of nitrogens with one attached hydrogen (secondary N) is 1. The van der Waals surface area contributed by atoms with Crippen LogP contribution in [0.25, 0.3) is 5.57 Å². The van der Waals surface area contributed by atoms with Crippen LogP contribution in [0.2, 0.25) is 0 Å². The van der Waals surface area contributed by atoms with Crippen LogP contribution in [0.15, 0.2) is 30.5 Å². The van der Waals surface area contributed by atoms with Crippen molar-refractivity contribution in [3.8, 4) is 0 Å². The Bertz CT molecular complexity index is 545. The van der Waals surface area contributed by atoms with Gasteiger partial charge in [-0.25, -0.2) is 4.98 Å². The van der Waals surface area contributed by atoms with E-state index in [1.165, 1.54) is 21.6 Å². The number of hydrogen-bond acceptors (Lipinski definition) is 3. The minimum absolute atomic E-state index is 0.955. The summed E-state index contributed by atoms with van der Waals surface area (Å²) in [5.74, 6) is 0. The van der Waals surface area contributed by atoms with Crippen molar-refractivity contribution in [3.63, 3.8) is 0 Å². The summed E-state index contributed by atoms with van der Waals surface area (Å²) in [5.41, 5.74) is 4.83. The number of thiazole rings is 1. The molecule has 1 aromatic carbocycles. The van der Waals surface area contributed by atoms with Gasteiger partial charge < -0.3 is 5.32 Å².